The molecular formula is C24H25IO. The maximum atomic E-state index is 5.76. The van der Waals surface area contributed by atoms with Crippen molar-refractivity contribution in [1.29, 1.82) is 0 Å². The number of rotatable bonds is 8. The number of hydrogen-bond donors (Lipinski definition) is 0. The fourth-order valence-electron chi connectivity index (χ4n) is 3.42. The summed E-state index contributed by atoms with van der Waals surface area (Å²) in [6.07, 6.45) is 4.90. The van der Waals surface area contributed by atoms with Crippen LogP contribution in [-0.2, 0) is 6.42 Å². The van der Waals surface area contributed by atoms with Crippen LogP contribution in [0.5, 0.6) is 5.75 Å². The maximum Gasteiger partial charge on any atom is 0.127 e. The van der Waals surface area contributed by atoms with Gasteiger partial charge in [-0.3, -0.25) is 0 Å². The first-order valence-electron chi connectivity index (χ1n) is 9.22. The van der Waals surface area contributed by atoms with E-state index in [2.05, 4.69) is 95.4 Å². The molecule has 0 radical (unpaired) electrons. The van der Waals surface area contributed by atoms with E-state index in [0.29, 0.717) is 0 Å². The van der Waals surface area contributed by atoms with Crippen molar-refractivity contribution in [3.8, 4) is 28.0 Å². The fraction of sp³-hybridized carbons (Fsp3) is 0.250. The molecule has 0 aromatic heterocycles. The molecule has 1 nitrogen and oxygen atoms in total. The number of unbranched alkanes of at least 4 members (excludes halogenated alkanes) is 2. The predicted molar refractivity (Wildman–Crippen MR) is 120 cm³/mol. The molecule has 0 saturated heterocycles. The highest BCUT2D eigenvalue weighted by Crippen LogP contribution is 2.42. The molecule has 3 aromatic rings. The van der Waals surface area contributed by atoms with E-state index in [1.807, 2.05) is 0 Å². The van der Waals surface area contributed by atoms with Crippen LogP contribution in [0.1, 0.15) is 24.8 Å². The molecule has 0 spiro atoms. The van der Waals surface area contributed by atoms with Gasteiger partial charge in [-0.1, -0.05) is 95.7 Å². The van der Waals surface area contributed by atoms with Crippen LogP contribution in [0.4, 0.5) is 0 Å². The summed E-state index contributed by atoms with van der Waals surface area (Å²) in [4.78, 5) is 0. The Labute approximate surface area is 170 Å². The van der Waals surface area contributed by atoms with E-state index < -0.39 is 0 Å². The number of halogens is 1. The number of aryl methyl sites for hydroxylation is 1. The minimum atomic E-state index is 0.936. The number of ether oxygens (including phenoxy) is 1. The van der Waals surface area contributed by atoms with Crippen LogP contribution >= 0.6 is 22.6 Å². The van der Waals surface area contributed by atoms with Gasteiger partial charge in [0.05, 0.1) is 7.11 Å². The van der Waals surface area contributed by atoms with Gasteiger partial charge in [0.1, 0.15) is 5.75 Å². The Balaban J connectivity index is 2.13. The highest BCUT2D eigenvalue weighted by molar-refractivity contribution is 14.1. The monoisotopic (exact) mass is 456 g/mol. The van der Waals surface area contributed by atoms with Crippen molar-refractivity contribution in [2.45, 2.75) is 25.7 Å². The van der Waals surface area contributed by atoms with Crippen molar-refractivity contribution in [2.24, 2.45) is 0 Å². The molecule has 0 aliphatic rings. The summed E-state index contributed by atoms with van der Waals surface area (Å²) in [5.41, 5.74) is 6.38. The van der Waals surface area contributed by atoms with Gasteiger partial charge < -0.3 is 4.74 Å². The molecule has 0 saturated carbocycles. The SMILES string of the molecule is COc1ccc(CCCCCI)c(-c2ccccc2)c1-c1ccccc1. The van der Waals surface area contributed by atoms with Crippen LogP contribution in [0, 0.1) is 0 Å². The Morgan fingerprint density at radius 1 is 0.692 bits per heavy atom. The number of hydrogen-bond acceptors (Lipinski definition) is 1. The van der Waals surface area contributed by atoms with Crippen LogP contribution < -0.4 is 4.74 Å². The molecule has 0 heterocycles. The third-order valence-electron chi connectivity index (χ3n) is 4.68. The largest absolute Gasteiger partial charge is 0.496 e. The van der Waals surface area contributed by atoms with Gasteiger partial charge in [0.25, 0.3) is 0 Å². The molecule has 0 amide bonds. The van der Waals surface area contributed by atoms with Crippen molar-refractivity contribution in [2.75, 3.05) is 11.5 Å². The van der Waals surface area contributed by atoms with E-state index in [-0.39, 0.29) is 0 Å². The zero-order chi connectivity index (χ0) is 18.2. The number of alkyl halides is 1. The van der Waals surface area contributed by atoms with E-state index in [1.165, 1.54) is 51.5 Å². The van der Waals surface area contributed by atoms with E-state index >= 15 is 0 Å². The first-order chi connectivity index (χ1) is 12.8. The van der Waals surface area contributed by atoms with Crippen LogP contribution in [0.2, 0.25) is 0 Å². The predicted octanol–water partition coefficient (Wildman–Crippen LogP) is 7.18. The van der Waals surface area contributed by atoms with E-state index in [9.17, 15) is 0 Å². The Kier molecular flexibility index (Phi) is 7.13. The average Bonchev–Trinajstić information content (AvgIpc) is 2.72. The number of methoxy groups -OCH3 is 1. The van der Waals surface area contributed by atoms with E-state index in [0.717, 1.165) is 12.2 Å². The van der Waals surface area contributed by atoms with Crippen LogP contribution in [0.15, 0.2) is 72.8 Å². The van der Waals surface area contributed by atoms with Crippen LogP contribution in [0.25, 0.3) is 22.3 Å². The first kappa shape index (κ1) is 19.0. The molecule has 3 rings (SSSR count). The summed E-state index contributed by atoms with van der Waals surface area (Å²) in [7, 11) is 1.76. The number of benzene rings is 3. The van der Waals surface area contributed by atoms with Crippen molar-refractivity contribution in [1.82, 2.24) is 0 Å². The van der Waals surface area contributed by atoms with Gasteiger partial charge >= 0.3 is 0 Å². The molecule has 26 heavy (non-hydrogen) atoms. The molecule has 0 unspecified atom stereocenters. The summed E-state index contributed by atoms with van der Waals surface area (Å²) in [6, 6.07) is 25.7. The summed E-state index contributed by atoms with van der Waals surface area (Å²) in [6.45, 7) is 0. The summed E-state index contributed by atoms with van der Waals surface area (Å²) >= 11 is 2.46. The molecular weight excluding hydrogens is 431 g/mol. The lowest BCUT2D eigenvalue weighted by molar-refractivity contribution is 0.416. The minimum Gasteiger partial charge on any atom is -0.496 e. The Bertz CT molecular complexity index is 812. The molecule has 0 N–H and O–H groups in total. The van der Waals surface area contributed by atoms with Crippen molar-refractivity contribution >= 4 is 22.6 Å². The van der Waals surface area contributed by atoms with Crippen LogP contribution in [-0.4, -0.2) is 11.5 Å². The molecule has 0 bridgehead atoms. The van der Waals surface area contributed by atoms with Gasteiger partial charge in [0.2, 0.25) is 0 Å². The molecule has 0 fully saturated rings. The van der Waals surface area contributed by atoms with Gasteiger partial charge in [-0.05, 0) is 52.0 Å². The van der Waals surface area contributed by atoms with Gasteiger partial charge in [-0.25, -0.2) is 0 Å². The van der Waals surface area contributed by atoms with E-state index in [4.69, 9.17) is 4.74 Å². The highest BCUT2D eigenvalue weighted by Gasteiger charge is 2.17. The lowest BCUT2D eigenvalue weighted by atomic mass is 9.88. The third kappa shape index (κ3) is 4.47. The Morgan fingerprint density at radius 3 is 1.88 bits per heavy atom. The second kappa shape index (κ2) is 9.77. The first-order valence-corrected chi connectivity index (χ1v) is 10.7. The Morgan fingerprint density at radius 2 is 1.31 bits per heavy atom. The average molecular weight is 456 g/mol. The van der Waals surface area contributed by atoms with Crippen molar-refractivity contribution in [3.05, 3.63) is 78.4 Å². The third-order valence-corrected chi connectivity index (χ3v) is 5.44. The summed E-state index contributed by atoms with van der Waals surface area (Å²) in [5, 5.41) is 0. The van der Waals surface area contributed by atoms with Crippen molar-refractivity contribution < 1.29 is 4.74 Å². The lowest BCUT2D eigenvalue weighted by Gasteiger charge is -2.19. The summed E-state index contributed by atoms with van der Waals surface area (Å²) in [5.74, 6) is 0.936. The molecule has 0 atom stereocenters. The molecule has 3 aromatic carbocycles. The molecule has 0 aliphatic carbocycles. The van der Waals surface area contributed by atoms with Gasteiger partial charge in [0, 0.05) is 5.56 Å². The lowest BCUT2D eigenvalue weighted by Crippen LogP contribution is -1.98. The second-order valence-electron chi connectivity index (χ2n) is 6.41. The maximum absolute atomic E-state index is 5.76. The fourth-order valence-corrected chi connectivity index (χ4v) is 3.96. The zero-order valence-corrected chi connectivity index (χ0v) is 17.4. The summed E-state index contributed by atoms with van der Waals surface area (Å²) < 4.78 is 7.00. The normalized spacial score (nSPS) is 10.7. The van der Waals surface area contributed by atoms with Gasteiger partial charge in [-0.15, -0.1) is 0 Å². The smallest absolute Gasteiger partial charge is 0.127 e. The highest BCUT2D eigenvalue weighted by atomic mass is 127. The molecule has 134 valence electrons. The molecule has 0 aliphatic heterocycles. The van der Waals surface area contributed by atoms with Crippen molar-refractivity contribution in [3.63, 3.8) is 0 Å². The quantitative estimate of drug-likeness (QED) is 0.198. The van der Waals surface area contributed by atoms with E-state index in [1.54, 1.807) is 7.11 Å². The Hall–Kier alpha value is -1.81. The van der Waals surface area contributed by atoms with Gasteiger partial charge in [0.15, 0.2) is 0 Å². The second-order valence-corrected chi connectivity index (χ2v) is 7.49. The standard InChI is InChI=1S/C24H25IO/c1-26-22-17-16-21(15-9-4-10-18-25)23(19-11-5-2-6-12-19)24(22)20-13-7-3-8-14-20/h2-3,5-8,11-14,16-17H,4,9-10,15,18H2,1H3. The van der Waals surface area contributed by atoms with Crippen LogP contribution in [0.3, 0.4) is 0 Å². The topological polar surface area (TPSA) is 9.23 Å². The molecule has 2 heteroatoms. The van der Waals surface area contributed by atoms with Gasteiger partial charge in [-0.2, -0.15) is 0 Å². The minimum absolute atomic E-state index is 0.936. The zero-order valence-electron chi connectivity index (χ0n) is 15.2.